The number of halogens is 1. The highest BCUT2D eigenvalue weighted by atomic mass is 35.5. The quantitative estimate of drug-likeness (QED) is 0.474. The van der Waals surface area contributed by atoms with Crippen LogP contribution in [-0.4, -0.2) is 38.9 Å². The summed E-state index contributed by atoms with van der Waals surface area (Å²) in [6, 6.07) is 3.37. The summed E-state index contributed by atoms with van der Waals surface area (Å²) in [5, 5.41) is 3.61. The smallest absolute Gasteiger partial charge is 0.367 e. The maximum Gasteiger partial charge on any atom is 0.367 e. The van der Waals surface area contributed by atoms with Crippen molar-refractivity contribution >= 4 is 29.4 Å². The fraction of sp³-hybridized carbons (Fsp3) is 0.286. The first kappa shape index (κ1) is 15.2. The Kier molecular flexibility index (Phi) is 4.70. The average molecular weight is 312 g/mol. The average Bonchev–Trinajstić information content (AvgIpc) is 2.87. The zero-order chi connectivity index (χ0) is 15.4. The van der Waals surface area contributed by atoms with Gasteiger partial charge in [0, 0.05) is 11.6 Å². The molecule has 0 bridgehead atoms. The standard InChI is InChI=1S/C14H14ClNO5/c1-18-11-6-13(20-3)12(19-2)5-8(11)4-9-10(7-15)16-21-14(9)17/h4-6H,7H2,1-3H3. The van der Waals surface area contributed by atoms with Crippen LogP contribution in [0.4, 0.5) is 0 Å². The van der Waals surface area contributed by atoms with Gasteiger partial charge in [0.2, 0.25) is 0 Å². The van der Waals surface area contributed by atoms with E-state index in [9.17, 15) is 4.79 Å². The fourth-order valence-corrected chi connectivity index (χ4v) is 2.07. The van der Waals surface area contributed by atoms with Gasteiger partial charge in [-0.2, -0.15) is 0 Å². The number of oxime groups is 1. The molecule has 1 heterocycles. The number of carbonyl (C=O) groups is 1. The molecule has 0 saturated carbocycles. The predicted octanol–water partition coefficient (Wildman–Crippen LogP) is 2.25. The molecule has 7 heteroatoms. The number of nitrogens with zero attached hydrogens (tertiary/aromatic N) is 1. The van der Waals surface area contributed by atoms with Crippen molar-refractivity contribution in [2.45, 2.75) is 0 Å². The van der Waals surface area contributed by atoms with Crippen LogP contribution in [0, 0.1) is 0 Å². The van der Waals surface area contributed by atoms with E-state index in [1.165, 1.54) is 21.3 Å². The van der Waals surface area contributed by atoms with Gasteiger partial charge in [0.15, 0.2) is 11.5 Å². The Morgan fingerprint density at radius 3 is 2.33 bits per heavy atom. The second-order valence-corrected chi connectivity index (χ2v) is 4.32. The van der Waals surface area contributed by atoms with Crippen molar-refractivity contribution in [2.24, 2.45) is 5.16 Å². The minimum absolute atomic E-state index is 0.0766. The summed E-state index contributed by atoms with van der Waals surface area (Å²) in [6.07, 6.45) is 1.59. The van der Waals surface area contributed by atoms with Gasteiger partial charge in [0.1, 0.15) is 11.5 Å². The summed E-state index contributed by atoms with van der Waals surface area (Å²) in [4.78, 5) is 16.3. The SMILES string of the molecule is COc1cc(OC)c(OC)cc1C=C1C(=O)ON=C1CCl. The minimum atomic E-state index is -0.553. The van der Waals surface area contributed by atoms with Gasteiger partial charge in [-0.3, -0.25) is 0 Å². The third-order valence-corrected chi connectivity index (χ3v) is 3.19. The number of benzene rings is 1. The first-order valence-electron chi connectivity index (χ1n) is 6.00. The number of ether oxygens (including phenoxy) is 3. The van der Waals surface area contributed by atoms with Crippen molar-refractivity contribution in [1.82, 2.24) is 0 Å². The van der Waals surface area contributed by atoms with E-state index in [1.807, 2.05) is 0 Å². The molecule has 0 atom stereocenters. The number of alkyl halides is 1. The second-order valence-electron chi connectivity index (χ2n) is 4.06. The summed E-state index contributed by atoms with van der Waals surface area (Å²) in [5.74, 6) is 1.08. The van der Waals surface area contributed by atoms with Crippen LogP contribution in [0.25, 0.3) is 6.08 Å². The maximum absolute atomic E-state index is 11.7. The third kappa shape index (κ3) is 2.95. The molecule has 0 radical (unpaired) electrons. The summed E-state index contributed by atoms with van der Waals surface area (Å²) >= 11 is 5.73. The van der Waals surface area contributed by atoms with Gasteiger partial charge in [-0.1, -0.05) is 5.16 Å². The van der Waals surface area contributed by atoms with E-state index in [0.717, 1.165) is 0 Å². The van der Waals surface area contributed by atoms with Gasteiger partial charge in [-0.15, -0.1) is 11.6 Å². The molecule has 0 amide bonds. The number of methoxy groups -OCH3 is 3. The van der Waals surface area contributed by atoms with E-state index >= 15 is 0 Å². The Labute approximate surface area is 126 Å². The van der Waals surface area contributed by atoms with E-state index in [1.54, 1.807) is 18.2 Å². The number of carbonyl (C=O) groups excluding carboxylic acids is 1. The normalized spacial score (nSPS) is 15.7. The lowest BCUT2D eigenvalue weighted by atomic mass is 10.1. The molecule has 1 aliphatic rings. The molecule has 112 valence electrons. The van der Waals surface area contributed by atoms with Gasteiger partial charge in [0.05, 0.1) is 32.8 Å². The van der Waals surface area contributed by atoms with Gasteiger partial charge in [-0.25, -0.2) is 4.79 Å². The largest absolute Gasteiger partial charge is 0.496 e. The number of rotatable bonds is 5. The Bertz CT molecular complexity index is 624. The Hall–Kier alpha value is -2.21. The molecular weight excluding hydrogens is 298 g/mol. The van der Waals surface area contributed by atoms with E-state index in [4.69, 9.17) is 25.8 Å². The van der Waals surface area contributed by atoms with Crippen LogP contribution in [0.15, 0.2) is 22.9 Å². The van der Waals surface area contributed by atoms with Crippen molar-refractivity contribution in [3.8, 4) is 17.2 Å². The molecule has 0 saturated heterocycles. The van der Waals surface area contributed by atoms with Crippen LogP contribution in [-0.2, 0) is 9.63 Å². The van der Waals surface area contributed by atoms with Crippen LogP contribution >= 0.6 is 11.6 Å². The van der Waals surface area contributed by atoms with Crippen molar-refractivity contribution < 1.29 is 23.8 Å². The number of hydrogen-bond acceptors (Lipinski definition) is 6. The zero-order valence-electron chi connectivity index (χ0n) is 11.8. The van der Waals surface area contributed by atoms with Crippen molar-refractivity contribution in [3.05, 3.63) is 23.3 Å². The van der Waals surface area contributed by atoms with Crippen molar-refractivity contribution in [3.63, 3.8) is 0 Å². The minimum Gasteiger partial charge on any atom is -0.496 e. The van der Waals surface area contributed by atoms with Gasteiger partial charge >= 0.3 is 5.97 Å². The molecule has 0 aliphatic carbocycles. The molecule has 1 aromatic carbocycles. The highest BCUT2D eigenvalue weighted by molar-refractivity contribution is 6.38. The first-order valence-corrected chi connectivity index (χ1v) is 6.54. The first-order chi connectivity index (χ1) is 10.1. The molecule has 0 fully saturated rings. The molecule has 2 rings (SSSR count). The lowest BCUT2D eigenvalue weighted by Crippen LogP contribution is -2.06. The summed E-state index contributed by atoms with van der Waals surface area (Å²) < 4.78 is 15.7. The van der Waals surface area contributed by atoms with Crippen LogP contribution in [0.3, 0.4) is 0 Å². The van der Waals surface area contributed by atoms with Gasteiger partial charge in [0.25, 0.3) is 0 Å². The van der Waals surface area contributed by atoms with Crippen molar-refractivity contribution in [2.75, 3.05) is 27.2 Å². The highest BCUT2D eigenvalue weighted by Gasteiger charge is 2.25. The van der Waals surface area contributed by atoms with Crippen LogP contribution in [0.5, 0.6) is 17.2 Å². The highest BCUT2D eigenvalue weighted by Crippen LogP contribution is 2.36. The van der Waals surface area contributed by atoms with E-state index in [0.29, 0.717) is 28.5 Å². The summed E-state index contributed by atoms with van der Waals surface area (Å²) in [5.41, 5.74) is 1.29. The monoisotopic (exact) mass is 311 g/mol. The Morgan fingerprint density at radius 2 is 1.76 bits per heavy atom. The van der Waals surface area contributed by atoms with Crippen LogP contribution in [0.2, 0.25) is 0 Å². The molecule has 0 N–H and O–H groups in total. The molecule has 1 aromatic rings. The maximum atomic E-state index is 11.7. The van der Waals surface area contributed by atoms with Gasteiger partial charge < -0.3 is 19.0 Å². The molecule has 0 spiro atoms. The van der Waals surface area contributed by atoms with E-state index in [-0.39, 0.29) is 11.5 Å². The fourth-order valence-electron chi connectivity index (χ4n) is 1.87. The van der Waals surface area contributed by atoms with Gasteiger partial charge in [-0.05, 0) is 12.1 Å². The Balaban J connectivity index is 2.53. The van der Waals surface area contributed by atoms with Crippen LogP contribution < -0.4 is 14.2 Å². The predicted molar refractivity (Wildman–Crippen MR) is 78.3 cm³/mol. The molecule has 0 aromatic heterocycles. The zero-order valence-corrected chi connectivity index (χ0v) is 12.6. The molecule has 21 heavy (non-hydrogen) atoms. The molecule has 1 aliphatic heterocycles. The topological polar surface area (TPSA) is 66.4 Å². The summed E-state index contributed by atoms with van der Waals surface area (Å²) in [7, 11) is 4.57. The molecule has 0 unspecified atom stereocenters. The second kappa shape index (κ2) is 6.49. The number of hydrogen-bond donors (Lipinski definition) is 0. The lowest BCUT2D eigenvalue weighted by Gasteiger charge is -2.12. The van der Waals surface area contributed by atoms with Crippen molar-refractivity contribution in [1.29, 1.82) is 0 Å². The Morgan fingerprint density at radius 1 is 1.14 bits per heavy atom. The van der Waals surface area contributed by atoms with E-state index in [2.05, 4.69) is 9.99 Å². The lowest BCUT2D eigenvalue weighted by molar-refractivity contribution is -0.136. The third-order valence-electron chi connectivity index (χ3n) is 2.93. The van der Waals surface area contributed by atoms with E-state index < -0.39 is 5.97 Å². The molecule has 6 nitrogen and oxygen atoms in total. The molecular formula is C14H14ClNO5. The summed E-state index contributed by atoms with van der Waals surface area (Å²) in [6.45, 7) is 0. The van der Waals surface area contributed by atoms with Crippen LogP contribution in [0.1, 0.15) is 5.56 Å².